The highest BCUT2D eigenvalue weighted by molar-refractivity contribution is 9.08. The third kappa shape index (κ3) is 2.13. The van der Waals surface area contributed by atoms with Gasteiger partial charge in [-0.1, -0.05) is 15.9 Å². The molecule has 86 valence electrons. The van der Waals surface area contributed by atoms with Gasteiger partial charge in [0.05, 0.1) is 10.8 Å². The third-order valence-electron chi connectivity index (χ3n) is 1.91. The van der Waals surface area contributed by atoms with Crippen molar-refractivity contribution in [2.24, 2.45) is 0 Å². The number of imidazole rings is 1. The van der Waals surface area contributed by atoms with Gasteiger partial charge in [-0.3, -0.25) is 0 Å². The lowest BCUT2D eigenvalue weighted by molar-refractivity contribution is -0.0498. The summed E-state index contributed by atoms with van der Waals surface area (Å²) in [6, 6.07) is 2.16. The predicted molar refractivity (Wildman–Crippen MR) is 55.3 cm³/mol. The van der Waals surface area contributed by atoms with Crippen LogP contribution in [0.3, 0.4) is 0 Å². The summed E-state index contributed by atoms with van der Waals surface area (Å²) in [7, 11) is 0. The fourth-order valence-electron chi connectivity index (χ4n) is 1.34. The molecule has 0 amide bonds. The number of fused-ring (bicyclic) bond motifs is 1. The Bertz CT molecular complexity index is 515. The molecule has 0 atom stereocenters. The Morgan fingerprint density at radius 2 is 2.19 bits per heavy atom. The van der Waals surface area contributed by atoms with Gasteiger partial charge in [-0.25, -0.2) is 9.37 Å². The van der Waals surface area contributed by atoms with Crippen LogP contribution in [0.1, 0.15) is 5.82 Å². The van der Waals surface area contributed by atoms with Crippen molar-refractivity contribution in [3.05, 3.63) is 23.8 Å². The summed E-state index contributed by atoms with van der Waals surface area (Å²) in [5.74, 6) is -0.413. The Balaban J connectivity index is 2.48. The molecular formula is C9H6BrF3N2O. The fourth-order valence-corrected chi connectivity index (χ4v) is 1.60. The number of halogens is 4. The largest absolute Gasteiger partial charge is 0.435 e. The molecule has 2 rings (SSSR count). The van der Waals surface area contributed by atoms with Crippen molar-refractivity contribution < 1.29 is 17.9 Å². The minimum absolute atomic E-state index is 0.107. The van der Waals surface area contributed by atoms with Crippen LogP contribution in [0, 0.1) is 5.82 Å². The van der Waals surface area contributed by atoms with Crippen molar-refractivity contribution in [2.45, 2.75) is 11.9 Å². The second kappa shape index (κ2) is 4.32. The monoisotopic (exact) mass is 294 g/mol. The van der Waals surface area contributed by atoms with E-state index in [1.807, 2.05) is 0 Å². The van der Waals surface area contributed by atoms with Gasteiger partial charge in [-0.15, -0.1) is 0 Å². The Labute approximate surface area is 96.7 Å². The number of rotatable bonds is 3. The molecule has 2 aromatic rings. The Morgan fingerprint density at radius 3 is 2.81 bits per heavy atom. The summed E-state index contributed by atoms with van der Waals surface area (Å²) in [4.78, 5) is 6.71. The van der Waals surface area contributed by atoms with Crippen LogP contribution in [0.15, 0.2) is 12.1 Å². The van der Waals surface area contributed by atoms with Gasteiger partial charge in [0.25, 0.3) is 0 Å². The molecule has 1 heterocycles. The number of aromatic amines is 1. The van der Waals surface area contributed by atoms with Crippen LogP contribution in [-0.4, -0.2) is 16.6 Å². The van der Waals surface area contributed by atoms with Crippen LogP contribution in [0.4, 0.5) is 13.2 Å². The van der Waals surface area contributed by atoms with E-state index in [2.05, 4.69) is 30.6 Å². The highest BCUT2D eigenvalue weighted by atomic mass is 79.9. The molecule has 0 bridgehead atoms. The van der Waals surface area contributed by atoms with Gasteiger partial charge < -0.3 is 9.72 Å². The van der Waals surface area contributed by atoms with E-state index in [9.17, 15) is 13.2 Å². The second-order valence-electron chi connectivity index (χ2n) is 3.00. The van der Waals surface area contributed by atoms with Crippen LogP contribution >= 0.6 is 15.9 Å². The molecule has 0 radical (unpaired) electrons. The quantitative estimate of drug-likeness (QED) is 0.883. The van der Waals surface area contributed by atoms with Gasteiger partial charge in [0.2, 0.25) is 0 Å². The minimum Gasteiger partial charge on any atom is -0.435 e. The molecule has 16 heavy (non-hydrogen) atoms. The maximum absolute atomic E-state index is 13.4. The minimum atomic E-state index is -2.98. The number of ether oxygens (including phenoxy) is 1. The van der Waals surface area contributed by atoms with E-state index in [0.29, 0.717) is 16.7 Å². The number of nitrogens with zero attached hydrogens (tertiary/aromatic N) is 1. The number of hydrogen-bond acceptors (Lipinski definition) is 2. The molecule has 7 heteroatoms. The third-order valence-corrected chi connectivity index (χ3v) is 2.45. The molecule has 1 N–H and O–H groups in total. The van der Waals surface area contributed by atoms with Crippen molar-refractivity contribution in [1.82, 2.24) is 9.97 Å². The van der Waals surface area contributed by atoms with E-state index in [0.717, 1.165) is 6.07 Å². The van der Waals surface area contributed by atoms with Gasteiger partial charge >= 0.3 is 6.61 Å². The molecule has 0 fully saturated rings. The van der Waals surface area contributed by atoms with Crippen molar-refractivity contribution in [2.75, 3.05) is 0 Å². The fraction of sp³-hybridized carbons (Fsp3) is 0.222. The van der Waals surface area contributed by atoms with Gasteiger partial charge in [-0.05, 0) is 0 Å². The molecule has 1 aromatic heterocycles. The van der Waals surface area contributed by atoms with Gasteiger partial charge in [0.1, 0.15) is 17.1 Å². The molecule has 0 saturated carbocycles. The molecule has 0 aliphatic rings. The van der Waals surface area contributed by atoms with E-state index < -0.39 is 12.4 Å². The predicted octanol–water partition coefficient (Wildman–Crippen LogP) is 3.20. The van der Waals surface area contributed by atoms with E-state index in [1.54, 1.807) is 0 Å². The maximum atomic E-state index is 13.4. The zero-order valence-electron chi connectivity index (χ0n) is 7.81. The molecular weight excluding hydrogens is 289 g/mol. The first-order valence-corrected chi connectivity index (χ1v) is 5.41. The van der Waals surface area contributed by atoms with Crippen molar-refractivity contribution in [3.8, 4) is 5.75 Å². The van der Waals surface area contributed by atoms with Crippen LogP contribution in [0.25, 0.3) is 11.0 Å². The Hall–Kier alpha value is -1.24. The average Bonchev–Trinajstić information content (AvgIpc) is 2.60. The van der Waals surface area contributed by atoms with E-state index in [-0.39, 0.29) is 11.3 Å². The Kier molecular flexibility index (Phi) is 3.04. The van der Waals surface area contributed by atoms with Crippen LogP contribution in [-0.2, 0) is 5.33 Å². The van der Waals surface area contributed by atoms with E-state index in [4.69, 9.17) is 0 Å². The molecule has 3 nitrogen and oxygen atoms in total. The lowest BCUT2D eigenvalue weighted by Crippen LogP contribution is -2.02. The van der Waals surface area contributed by atoms with E-state index >= 15 is 0 Å². The molecule has 0 spiro atoms. The Morgan fingerprint density at radius 1 is 1.44 bits per heavy atom. The molecule has 0 aliphatic carbocycles. The van der Waals surface area contributed by atoms with Crippen LogP contribution in [0.5, 0.6) is 5.75 Å². The van der Waals surface area contributed by atoms with Gasteiger partial charge in [-0.2, -0.15) is 8.78 Å². The van der Waals surface area contributed by atoms with Crippen molar-refractivity contribution >= 4 is 27.0 Å². The zero-order chi connectivity index (χ0) is 11.7. The first-order valence-electron chi connectivity index (χ1n) is 4.29. The first-order chi connectivity index (χ1) is 7.60. The van der Waals surface area contributed by atoms with Crippen molar-refractivity contribution in [1.29, 1.82) is 0 Å². The summed E-state index contributed by atoms with van der Waals surface area (Å²) in [6.07, 6.45) is 0. The van der Waals surface area contributed by atoms with Gasteiger partial charge in [0.15, 0.2) is 5.82 Å². The highest BCUT2D eigenvalue weighted by Crippen LogP contribution is 2.24. The molecule has 0 aliphatic heterocycles. The zero-order valence-corrected chi connectivity index (χ0v) is 9.39. The van der Waals surface area contributed by atoms with Crippen molar-refractivity contribution in [3.63, 3.8) is 0 Å². The number of hydrogen-bond donors (Lipinski definition) is 1. The molecule has 0 saturated heterocycles. The number of nitrogens with one attached hydrogen (secondary N) is 1. The number of alkyl halides is 3. The lowest BCUT2D eigenvalue weighted by Gasteiger charge is -2.03. The topological polar surface area (TPSA) is 37.9 Å². The standard InChI is InChI=1S/C9H6BrF3N2O/c10-3-7-14-6-2-4(16-9(12)13)1-5(11)8(6)15-7/h1-2,9H,3H2,(H,14,15). The normalized spacial score (nSPS) is 11.3. The molecule has 0 unspecified atom stereocenters. The van der Waals surface area contributed by atoms with Crippen LogP contribution < -0.4 is 4.74 Å². The average molecular weight is 295 g/mol. The first kappa shape index (κ1) is 11.3. The number of H-pyrrole nitrogens is 1. The highest BCUT2D eigenvalue weighted by Gasteiger charge is 2.12. The van der Waals surface area contributed by atoms with E-state index in [1.165, 1.54) is 6.07 Å². The SMILES string of the molecule is Fc1cc(OC(F)F)cc2[nH]c(CBr)nc12. The lowest BCUT2D eigenvalue weighted by atomic mass is 10.3. The molecule has 1 aromatic carbocycles. The van der Waals surface area contributed by atoms with Crippen LogP contribution in [0.2, 0.25) is 0 Å². The number of aromatic nitrogens is 2. The second-order valence-corrected chi connectivity index (χ2v) is 3.56. The summed E-state index contributed by atoms with van der Waals surface area (Å²) >= 11 is 3.15. The smallest absolute Gasteiger partial charge is 0.387 e. The van der Waals surface area contributed by atoms with Gasteiger partial charge in [0, 0.05) is 12.1 Å². The maximum Gasteiger partial charge on any atom is 0.387 e. The summed E-state index contributed by atoms with van der Waals surface area (Å²) in [6.45, 7) is -2.98. The summed E-state index contributed by atoms with van der Waals surface area (Å²) < 4.78 is 41.4. The number of benzene rings is 1. The summed E-state index contributed by atoms with van der Waals surface area (Å²) in [5.41, 5.74) is 0.432. The summed E-state index contributed by atoms with van der Waals surface area (Å²) in [5, 5.41) is 0.423.